The number of imidazole rings is 1. The lowest BCUT2D eigenvalue weighted by molar-refractivity contribution is 0.0954. The Morgan fingerprint density at radius 3 is 2.55 bits per heavy atom. The molecule has 0 aliphatic rings. The van der Waals surface area contributed by atoms with Gasteiger partial charge in [0.1, 0.15) is 0 Å². The van der Waals surface area contributed by atoms with E-state index < -0.39 is 15.7 Å². The highest BCUT2D eigenvalue weighted by Crippen LogP contribution is 2.22. The Bertz CT molecular complexity index is 1160. The number of hydrogen-bond donors (Lipinski definition) is 4. The molecule has 1 amide bonds. The molecule has 0 atom stereocenters. The average molecular weight is 417 g/mol. The summed E-state index contributed by atoms with van der Waals surface area (Å²) in [6, 6.07) is 10.7. The number of anilines is 1. The number of amides is 1. The number of nitrogens with one attached hydrogen (secondary N) is 4. The van der Waals surface area contributed by atoms with Crippen molar-refractivity contribution < 1.29 is 13.2 Å². The quantitative estimate of drug-likeness (QED) is 0.400. The molecule has 8 nitrogen and oxygen atoms in total. The number of carbonyl (C=O) groups excluding carboxylic acids is 1. The van der Waals surface area contributed by atoms with Crippen molar-refractivity contribution in [2.45, 2.75) is 37.5 Å². The van der Waals surface area contributed by atoms with E-state index in [1.807, 2.05) is 0 Å². The molecule has 0 radical (unpaired) electrons. The van der Waals surface area contributed by atoms with Crippen molar-refractivity contribution in [3.05, 3.63) is 58.5 Å². The van der Waals surface area contributed by atoms with Gasteiger partial charge in [-0.3, -0.25) is 9.52 Å². The Balaban J connectivity index is 1.78. The molecular weight excluding hydrogens is 392 g/mol. The topological polar surface area (TPSA) is 124 Å². The summed E-state index contributed by atoms with van der Waals surface area (Å²) in [4.78, 5) is 29.0. The Labute approximate surface area is 168 Å². The molecule has 4 N–H and O–H groups in total. The lowest BCUT2D eigenvalue weighted by Crippen LogP contribution is -2.26. The normalized spacial score (nSPS) is 11.5. The van der Waals surface area contributed by atoms with Crippen LogP contribution >= 0.6 is 0 Å². The lowest BCUT2D eigenvalue weighted by Gasteiger charge is -2.13. The first kappa shape index (κ1) is 20.7. The summed E-state index contributed by atoms with van der Waals surface area (Å²) in [5, 5.41) is 2.83. The minimum Gasteiger partial charge on any atom is -0.352 e. The molecule has 0 spiro atoms. The third kappa shape index (κ3) is 5.05. The number of sulfonamides is 1. The van der Waals surface area contributed by atoms with Crippen LogP contribution in [-0.2, 0) is 10.0 Å². The first-order valence-electron chi connectivity index (χ1n) is 9.53. The fraction of sp³-hybridized carbons (Fsp3) is 0.300. The zero-order valence-electron chi connectivity index (χ0n) is 16.1. The van der Waals surface area contributed by atoms with Gasteiger partial charge in [0.05, 0.1) is 27.2 Å². The largest absolute Gasteiger partial charge is 0.352 e. The molecule has 2 aromatic carbocycles. The molecule has 0 saturated heterocycles. The maximum absolute atomic E-state index is 12.8. The van der Waals surface area contributed by atoms with E-state index in [2.05, 4.69) is 26.9 Å². The van der Waals surface area contributed by atoms with Crippen LogP contribution in [0.2, 0.25) is 0 Å². The molecule has 9 heteroatoms. The van der Waals surface area contributed by atoms with E-state index in [9.17, 15) is 18.0 Å². The number of benzene rings is 2. The van der Waals surface area contributed by atoms with Crippen LogP contribution in [0.3, 0.4) is 0 Å². The van der Waals surface area contributed by atoms with Gasteiger partial charge in [0, 0.05) is 6.54 Å². The van der Waals surface area contributed by atoms with Crippen molar-refractivity contribution in [2.75, 3.05) is 11.3 Å². The zero-order chi connectivity index (χ0) is 20.9. The Morgan fingerprint density at radius 1 is 1.00 bits per heavy atom. The van der Waals surface area contributed by atoms with Crippen LogP contribution in [0.1, 0.15) is 43.0 Å². The Morgan fingerprint density at radius 2 is 1.76 bits per heavy atom. The molecular formula is C20H24N4O4S. The number of hydrogen-bond acceptors (Lipinski definition) is 4. The van der Waals surface area contributed by atoms with E-state index in [-0.39, 0.29) is 22.1 Å². The molecule has 0 saturated carbocycles. The number of aromatic amines is 2. The molecule has 1 heterocycles. The number of rotatable bonds is 9. The molecule has 0 unspecified atom stereocenters. The standard InChI is InChI=1S/C20H24N4O4S/c1-2-3-4-7-12-21-19(25)15-8-5-6-9-16(15)24-29(27,28)14-10-11-17-18(13-14)23-20(26)22-17/h5-6,8-11,13,24H,2-4,7,12H2,1H3,(H,21,25)(H2,22,23,26). The van der Waals surface area contributed by atoms with Crippen LogP contribution in [0.5, 0.6) is 0 Å². The summed E-state index contributed by atoms with van der Waals surface area (Å²) in [5.41, 5.74) is 0.931. The Hall–Kier alpha value is -3.07. The van der Waals surface area contributed by atoms with Crippen LogP contribution in [0.4, 0.5) is 5.69 Å². The van der Waals surface area contributed by atoms with Gasteiger partial charge in [-0.15, -0.1) is 0 Å². The van der Waals surface area contributed by atoms with E-state index in [1.165, 1.54) is 18.2 Å². The SMILES string of the molecule is CCCCCCNC(=O)c1ccccc1NS(=O)(=O)c1ccc2[nH]c(=O)[nH]c2c1. The van der Waals surface area contributed by atoms with Gasteiger partial charge in [-0.25, -0.2) is 13.2 Å². The summed E-state index contributed by atoms with van der Waals surface area (Å²) in [7, 11) is -3.95. The predicted molar refractivity (Wildman–Crippen MR) is 113 cm³/mol. The van der Waals surface area contributed by atoms with Gasteiger partial charge in [0.2, 0.25) is 0 Å². The molecule has 1 aromatic heterocycles. The molecule has 0 bridgehead atoms. The van der Waals surface area contributed by atoms with Gasteiger partial charge >= 0.3 is 5.69 Å². The van der Waals surface area contributed by atoms with E-state index in [1.54, 1.807) is 24.3 Å². The molecule has 154 valence electrons. The summed E-state index contributed by atoms with van der Waals surface area (Å²) < 4.78 is 28.1. The van der Waals surface area contributed by atoms with Gasteiger partial charge < -0.3 is 15.3 Å². The minimum atomic E-state index is -3.95. The van der Waals surface area contributed by atoms with Crippen molar-refractivity contribution in [3.8, 4) is 0 Å². The smallest absolute Gasteiger partial charge is 0.323 e. The number of fused-ring (bicyclic) bond motifs is 1. The van der Waals surface area contributed by atoms with E-state index >= 15 is 0 Å². The van der Waals surface area contributed by atoms with Gasteiger partial charge in [-0.05, 0) is 36.8 Å². The Kier molecular flexibility index (Phi) is 6.38. The first-order chi connectivity index (χ1) is 13.9. The number of H-pyrrole nitrogens is 2. The number of carbonyl (C=O) groups is 1. The number of aromatic nitrogens is 2. The van der Waals surface area contributed by atoms with E-state index in [4.69, 9.17) is 0 Å². The highest BCUT2D eigenvalue weighted by molar-refractivity contribution is 7.92. The summed E-state index contributed by atoms with van der Waals surface area (Å²) in [6.07, 6.45) is 4.14. The fourth-order valence-corrected chi connectivity index (χ4v) is 4.11. The second-order valence-corrected chi connectivity index (χ2v) is 8.44. The molecule has 0 aliphatic carbocycles. The third-order valence-corrected chi connectivity index (χ3v) is 5.89. The average Bonchev–Trinajstić information content (AvgIpc) is 3.07. The van der Waals surface area contributed by atoms with Gasteiger partial charge in [-0.1, -0.05) is 38.3 Å². The second-order valence-electron chi connectivity index (χ2n) is 6.75. The van der Waals surface area contributed by atoms with Crippen molar-refractivity contribution in [2.24, 2.45) is 0 Å². The summed E-state index contributed by atoms with van der Waals surface area (Å²) in [6.45, 7) is 2.66. The van der Waals surface area contributed by atoms with Crippen LogP contribution < -0.4 is 15.7 Å². The van der Waals surface area contributed by atoms with Crippen LogP contribution in [-0.4, -0.2) is 30.8 Å². The fourth-order valence-electron chi connectivity index (χ4n) is 3.00. The molecule has 3 aromatic rings. The summed E-state index contributed by atoms with van der Waals surface area (Å²) >= 11 is 0. The second kappa shape index (κ2) is 8.95. The maximum atomic E-state index is 12.8. The van der Waals surface area contributed by atoms with Crippen molar-refractivity contribution >= 4 is 32.7 Å². The molecule has 0 fully saturated rings. The lowest BCUT2D eigenvalue weighted by atomic mass is 10.1. The highest BCUT2D eigenvalue weighted by Gasteiger charge is 2.19. The van der Waals surface area contributed by atoms with Crippen LogP contribution in [0.15, 0.2) is 52.2 Å². The molecule has 3 rings (SSSR count). The van der Waals surface area contributed by atoms with Gasteiger partial charge in [0.25, 0.3) is 15.9 Å². The van der Waals surface area contributed by atoms with Crippen LogP contribution in [0, 0.1) is 0 Å². The van der Waals surface area contributed by atoms with E-state index in [0.717, 1.165) is 25.7 Å². The van der Waals surface area contributed by atoms with Crippen LogP contribution in [0.25, 0.3) is 11.0 Å². The maximum Gasteiger partial charge on any atom is 0.323 e. The predicted octanol–water partition coefficient (Wildman–Crippen LogP) is 2.97. The third-order valence-electron chi connectivity index (χ3n) is 4.53. The van der Waals surface area contributed by atoms with Crippen molar-refractivity contribution in [3.63, 3.8) is 0 Å². The van der Waals surface area contributed by atoms with Gasteiger partial charge in [-0.2, -0.15) is 0 Å². The van der Waals surface area contributed by atoms with Crippen molar-refractivity contribution in [1.29, 1.82) is 0 Å². The number of para-hydroxylation sites is 1. The monoisotopic (exact) mass is 416 g/mol. The van der Waals surface area contributed by atoms with Gasteiger partial charge in [0.15, 0.2) is 0 Å². The first-order valence-corrected chi connectivity index (χ1v) is 11.0. The molecule has 0 aliphatic heterocycles. The number of unbranched alkanes of at least 4 members (excludes halogenated alkanes) is 3. The molecule has 29 heavy (non-hydrogen) atoms. The van der Waals surface area contributed by atoms with E-state index in [0.29, 0.717) is 17.6 Å². The summed E-state index contributed by atoms with van der Waals surface area (Å²) in [5.74, 6) is -0.329. The highest BCUT2D eigenvalue weighted by atomic mass is 32.2. The minimum absolute atomic E-state index is 0.0185. The van der Waals surface area contributed by atoms with Crippen molar-refractivity contribution in [1.82, 2.24) is 15.3 Å². The zero-order valence-corrected chi connectivity index (χ0v) is 16.9.